The summed E-state index contributed by atoms with van der Waals surface area (Å²) < 4.78 is 36.9. The van der Waals surface area contributed by atoms with Crippen LogP contribution in [0.5, 0.6) is 0 Å². The molecule has 0 aliphatic carbocycles. The van der Waals surface area contributed by atoms with Gasteiger partial charge >= 0.3 is 12.3 Å². The van der Waals surface area contributed by atoms with Gasteiger partial charge in [0.15, 0.2) is 0 Å². The average molecular weight is 637 g/mol. The fourth-order valence-corrected chi connectivity index (χ4v) is 4.78. The van der Waals surface area contributed by atoms with E-state index in [1.807, 2.05) is 74.5 Å². The maximum absolute atomic E-state index is 12.9. The van der Waals surface area contributed by atoms with Crippen LogP contribution in [0.3, 0.4) is 0 Å². The molecule has 1 heterocycles. The van der Waals surface area contributed by atoms with Gasteiger partial charge in [0, 0.05) is 12.6 Å². The van der Waals surface area contributed by atoms with Crippen LogP contribution in [-0.4, -0.2) is 52.3 Å². The van der Waals surface area contributed by atoms with Crippen molar-refractivity contribution in [2.24, 2.45) is 17.6 Å². The number of carbonyl (C=O) groups excluding carboxylic acids is 3. The highest BCUT2D eigenvalue weighted by atomic mass is 32.1. The molecule has 0 spiro atoms. The van der Waals surface area contributed by atoms with Crippen LogP contribution in [0.4, 0.5) is 18.0 Å². The second-order valence-electron chi connectivity index (χ2n) is 10.6. The number of hydrogen-bond donors (Lipinski definition) is 3. The topological polar surface area (TPSA) is 155 Å². The van der Waals surface area contributed by atoms with Crippen molar-refractivity contribution < 1.29 is 42.5 Å². The highest BCUT2D eigenvalue weighted by Crippen LogP contribution is 2.23. The largest absolute Gasteiger partial charge is 0.542 e. The molecule has 0 aliphatic heterocycles. The number of thiazole rings is 1. The van der Waals surface area contributed by atoms with Crippen molar-refractivity contribution in [3.63, 3.8) is 0 Å². The van der Waals surface area contributed by atoms with Crippen molar-refractivity contribution in [3.8, 4) is 0 Å². The highest BCUT2D eigenvalue weighted by Gasteiger charge is 2.29. The van der Waals surface area contributed by atoms with Gasteiger partial charge in [0.1, 0.15) is 18.4 Å². The SMILES string of the molecule is CC(C)[C@H](N)C(=O)C[C@@H](Cc1ccccc1)C[C@H](O)[C@H](Cc1ccccc1)NC(=O)OCc1cncs1.O=C([O-])C(F)(F)F. The maximum Gasteiger partial charge on any atom is 0.430 e. The van der Waals surface area contributed by atoms with Crippen LogP contribution in [0.25, 0.3) is 0 Å². The van der Waals surface area contributed by atoms with Gasteiger partial charge < -0.3 is 30.8 Å². The first-order valence-corrected chi connectivity index (χ1v) is 14.8. The Hall–Kier alpha value is -3.81. The molecule has 1 amide bonds. The minimum absolute atomic E-state index is 0.0142. The van der Waals surface area contributed by atoms with E-state index in [-0.39, 0.29) is 30.6 Å². The summed E-state index contributed by atoms with van der Waals surface area (Å²) >= 11 is 1.40. The molecule has 0 aliphatic rings. The van der Waals surface area contributed by atoms with Gasteiger partial charge in [-0.1, -0.05) is 74.5 Å². The van der Waals surface area contributed by atoms with Crippen LogP contribution in [0.1, 0.15) is 42.7 Å². The van der Waals surface area contributed by atoms with Crippen LogP contribution in [0, 0.1) is 11.8 Å². The van der Waals surface area contributed by atoms with Gasteiger partial charge in [0.25, 0.3) is 0 Å². The molecule has 13 heteroatoms. The van der Waals surface area contributed by atoms with Crippen molar-refractivity contribution in [2.45, 2.75) is 70.5 Å². The second kappa shape index (κ2) is 18.1. The van der Waals surface area contributed by atoms with E-state index in [0.29, 0.717) is 19.3 Å². The zero-order chi connectivity index (χ0) is 32.7. The first-order chi connectivity index (χ1) is 20.8. The molecular formula is C31H37F3N3O6S-. The molecule has 44 heavy (non-hydrogen) atoms. The van der Waals surface area contributed by atoms with E-state index in [1.54, 1.807) is 11.7 Å². The van der Waals surface area contributed by atoms with Crippen molar-refractivity contribution in [3.05, 3.63) is 88.4 Å². The van der Waals surface area contributed by atoms with Gasteiger partial charge in [-0.2, -0.15) is 13.2 Å². The lowest BCUT2D eigenvalue weighted by Gasteiger charge is -2.28. The highest BCUT2D eigenvalue weighted by molar-refractivity contribution is 7.09. The van der Waals surface area contributed by atoms with Gasteiger partial charge in [0.05, 0.1) is 28.6 Å². The van der Waals surface area contributed by atoms with E-state index in [4.69, 9.17) is 20.4 Å². The summed E-state index contributed by atoms with van der Waals surface area (Å²) in [4.78, 5) is 39.1. The maximum atomic E-state index is 12.9. The molecule has 0 saturated heterocycles. The number of carboxylic acids is 1. The summed E-state index contributed by atoms with van der Waals surface area (Å²) in [5.74, 6) is -3.12. The molecule has 3 rings (SSSR count). The van der Waals surface area contributed by atoms with E-state index in [2.05, 4.69) is 10.3 Å². The molecule has 0 bridgehead atoms. The van der Waals surface area contributed by atoms with Gasteiger partial charge in [0.2, 0.25) is 0 Å². The summed E-state index contributed by atoms with van der Waals surface area (Å²) in [6.45, 7) is 3.98. The number of ether oxygens (including phenoxy) is 1. The number of ketones is 1. The van der Waals surface area contributed by atoms with E-state index >= 15 is 0 Å². The molecule has 0 radical (unpaired) electrons. The van der Waals surface area contributed by atoms with E-state index in [0.717, 1.165) is 16.0 Å². The third kappa shape index (κ3) is 13.7. The first kappa shape index (κ1) is 36.4. The number of carboxylic acid groups (broad SMARTS) is 1. The molecule has 0 unspecified atom stereocenters. The quantitative estimate of drug-likeness (QED) is 0.241. The number of alkyl carbamates (subject to hydrolysis) is 1. The predicted octanol–water partition coefficient (Wildman–Crippen LogP) is 3.83. The van der Waals surface area contributed by atoms with Crippen LogP contribution in [-0.2, 0) is 33.8 Å². The first-order valence-electron chi connectivity index (χ1n) is 13.9. The molecule has 240 valence electrons. The molecule has 4 atom stereocenters. The lowest BCUT2D eigenvalue weighted by Crippen LogP contribution is -2.46. The molecule has 2 aromatic carbocycles. The Morgan fingerprint density at radius 2 is 1.57 bits per heavy atom. The summed E-state index contributed by atoms with van der Waals surface area (Å²) in [6, 6.07) is 18.4. The fraction of sp³-hybridized carbons (Fsp3) is 0.419. The van der Waals surface area contributed by atoms with Crippen molar-refractivity contribution in [2.75, 3.05) is 0 Å². The number of amides is 1. The number of rotatable bonds is 14. The fourth-order valence-electron chi connectivity index (χ4n) is 4.28. The van der Waals surface area contributed by atoms with Gasteiger partial charge in [-0.3, -0.25) is 9.78 Å². The molecule has 9 nitrogen and oxygen atoms in total. The number of alkyl halides is 3. The number of aliphatic carboxylic acids is 1. The number of Topliss-reactive ketones (excluding diaryl/α,β-unsaturated/α-hetero) is 1. The van der Waals surface area contributed by atoms with Crippen LogP contribution in [0.2, 0.25) is 0 Å². The number of halogens is 3. The number of benzene rings is 2. The summed E-state index contributed by atoms with van der Waals surface area (Å²) in [5, 5.41) is 23.0. The minimum Gasteiger partial charge on any atom is -0.542 e. The lowest BCUT2D eigenvalue weighted by atomic mass is 9.84. The number of nitrogens with one attached hydrogen (secondary N) is 1. The van der Waals surface area contributed by atoms with Crippen molar-refractivity contribution in [1.82, 2.24) is 10.3 Å². The summed E-state index contributed by atoms with van der Waals surface area (Å²) in [5.41, 5.74) is 9.89. The Kier molecular flexibility index (Phi) is 15.0. The van der Waals surface area contributed by atoms with Crippen LogP contribution >= 0.6 is 11.3 Å². The monoisotopic (exact) mass is 636 g/mol. The standard InChI is InChI=1S/C29H37N3O4S.C2HF3O2/c1-20(2)28(30)27(34)16-23(13-21-9-5-3-6-10-21)15-26(33)25(14-22-11-7-4-8-12-22)32-29(35)36-18-24-17-31-19-37-24;3-2(4,5)1(6)7/h3-12,17,19-20,23,25-26,28,33H,13-16,18,30H2,1-2H3,(H,32,35);(H,6,7)/p-1/t23-,25-,26-,28-;/m0./s1. The van der Waals surface area contributed by atoms with Gasteiger partial charge in [-0.25, -0.2) is 4.79 Å². The number of aliphatic hydroxyl groups is 1. The summed E-state index contributed by atoms with van der Waals surface area (Å²) in [7, 11) is 0. The average Bonchev–Trinajstić information content (AvgIpc) is 3.50. The van der Waals surface area contributed by atoms with Gasteiger partial charge in [-0.05, 0) is 42.2 Å². The van der Waals surface area contributed by atoms with Gasteiger partial charge in [-0.15, -0.1) is 11.3 Å². The Bertz CT molecular complexity index is 1280. The van der Waals surface area contributed by atoms with Crippen molar-refractivity contribution >= 4 is 29.2 Å². The normalized spacial score (nSPS) is 14.0. The zero-order valence-electron chi connectivity index (χ0n) is 24.4. The zero-order valence-corrected chi connectivity index (χ0v) is 25.2. The summed E-state index contributed by atoms with van der Waals surface area (Å²) in [6.07, 6.45) is -3.39. The van der Waals surface area contributed by atoms with E-state index in [9.17, 15) is 27.9 Å². The molecule has 4 N–H and O–H groups in total. The van der Waals surface area contributed by atoms with Crippen molar-refractivity contribution in [1.29, 1.82) is 0 Å². The molecule has 1 aromatic heterocycles. The number of carbonyl (C=O) groups is 3. The third-order valence-electron chi connectivity index (χ3n) is 6.65. The Morgan fingerprint density at radius 1 is 1.02 bits per heavy atom. The number of hydrogen-bond acceptors (Lipinski definition) is 9. The smallest absolute Gasteiger partial charge is 0.430 e. The Labute approximate surface area is 258 Å². The number of aromatic nitrogens is 1. The number of nitrogens with zero attached hydrogens (tertiary/aromatic N) is 1. The van der Waals surface area contributed by atoms with Crippen LogP contribution in [0.15, 0.2) is 72.4 Å². The Balaban J connectivity index is 0.000000860. The van der Waals surface area contributed by atoms with E-state index in [1.165, 1.54) is 11.3 Å². The number of aliphatic hydroxyl groups excluding tert-OH is 1. The predicted molar refractivity (Wildman–Crippen MR) is 157 cm³/mol. The molecule has 3 aromatic rings. The lowest BCUT2D eigenvalue weighted by molar-refractivity contribution is -0.344. The minimum atomic E-state index is -5.19. The number of nitrogens with two attached hydrogens (primary N) is 1. The second-order valence-corrected chi connectivity index (χ2v) is 11.5. The van der Waals surface area contributed by atoms with Crippen LogP contribution < -0.4 is 16.2 Å². The Morgan fingerprint density at radius 3 is 2.05 bits per heavy atom. The molecule has 0 fully saturated rings. The molecule has 0 saturated carbocycles. The van der Waals surface area contributed by atoms with E-state index < -0.39 is 36.4 Å². The molecular weight excluding hydrogens is 599 g/mol. The third-order valence-corrected chi connectivity index (χ3v) is 7.40.